The summed E-state index contributed by atoms with van der Waals surface area (Å²) in [6.45, 7) is 5.18. The van der Waals surface area contributed by atoms with Gasteiger partial charge in [0, 0.05) is 40.3 Å². The van der Waals surface area contributed by atoms with Crippen LogP contribution in [0.5, 0.6) is 0 Å². The van der Waals surface area contributed by atoms with E-state index in [-0.39, 0.29) is 11.9 Å². The maximum absolute atomic E-state index is 11.8. The number of rotatable bonds is 3. The Labute approximate surface area is 124 Å². The average molecular weight is 288 g/mol. The number of amides is 1. The highest BCUT2D eigenvalue weighted by molar-refractivity contribution is 5.91. The first-order valence-electron chi connectivity index (χ1n) is 6.97. The summed E-state index contributed by atoms with van der Waals surface area (Å²) in [6, 6.07) is 5.73. The van der Waals surface area contributed by atoms with Crippen LogP contribution in [0.4, 0.5) is 5.82 Å². The van der Waals surface area contributed by atoms with Crippen molar-refractivity contribution in [3.63, 3.8) is 0 Å². The molecule has 1 fully saturated rings. The van der Waals surface area contributed by atoms with Crippen LogP contribution in [-0.2, 0) is 0 Å². The van der Waals surface area contributed by atoms with Crippen LogP contribution in [0.2, 0.25) is 0 Å². The molecule has 0 spiro atoms. The van der Waals surface area contributed by atoms with E-state index in [0.717, 1.165) is 32.0 Å². The van der Waals surface area contributed by atoms with Crippen molar-refractivity contribution in [1.29, 1.82) is 5.26 Å². The molecule has 1 atom stereocenters. The molecule has 0 saturated carbocycles. The van der Waals surface area contributed by atoms with E-state index in [1.807, 2.05) is 13.0 Å². The van der Waals surface area contributed by atoms with Gasteiger partial charge in [-0.1, -0.05) is 0 Å². The molecule has 0 radical (unpaired) electrons. The number of hydrogen-bond donors (Lipinski definition) is 0. The molecule has 0 bridgehead atoms. The van der Waals surface area contributed by atoms with E-state index >= 15 is 0 Å². The van der Waals surface area contributed by atoms with E-state index in [0.29, 0.717) is 5.69 Å². The van der Waals surface area contributed by atoms with Gasteiger partial charge in [-0.2, -0.15) is 5.26 Å². The predicted octanol–water partition coefficient (Wildman–Crippen LogP) is 0.212. The van der Waals surface area contributed by atoms with Crippen molar-refractivity contribution >= 4 is 11.7 Å². The average Bonchev–Trinajstić information content (AvgIpc) is 2.53. The minimum absolute atomic E-state index is 0.0571. The monoisotopic (exact) mass is 288 g/mol. The van der Waals surface area contributed by atoms with E-state index in [2.05, 4.69) is 26.1 Å². The van der Waals surface area contributed by atoms with Crippen LogP contribution in [-0.4, -0.2) is 72.2 Å². The SMILES string of the molecule is CC(C#N)N1CCN(c2ccc(C(=O)N(C)C)nn2)CC1. The van der Waals surface area contributed by atoms with Crippen molar-refractivity contribution in [2.75, 3.05) is 45.2 Å². The first-order valence-corrected chi connectivity index (χ1v) is 6.97. The van der Waals surface area contributed by atoms with Crippen molar-refractivity contribution < 1.29 is 4.79 Å². The maximum Gasteiger partial charge on any atom is 0.273 e. The Balaban J connectivity index is 1.98. The summed E-state index contributed by atoms with van der Waals surface area (Å²) < 4.78 is 0. The van der Waals surface area contributed by atoms with Crippen molar-refractivity contribution in [2.45, 2.75) is 13.0 Å². The number of anilines is 1. The molecule has 2 heterocycles. The molecule has 1 unspecified atom stereocenters. The van der Waals surface area contributed by atoms with Gasteiger partial charge in [-0.15, -0.1) is 10.2 Å². The highest BCUT2D eigenvalue weighted by atomic mass is 16.2. The highest BCUT2D eigenvalue weighted by Gasteiger charge is 2.22. The fourth-order valence-electron chi connectivity index (χ4n) is 2.26. The lowest BCUT2D eigenvalue weighted by Crippen LogP contribution is -2.49. The summed E-state index contributed by atoms with van der Waals surface area (Å²) >= 11 is 0. The lowest BCUT2D eigenvalue weighted by atomic mass is 10.2. The number of aromatic nitrogens is 2. The number of nitriles is 1. The molecule has 1 aliphatic rings. The van der Waals surface area contributed by atoms with Gasteiger partial charge in [0.25, 0.3) is 5.91 Å². The third-order valence-corrected chi connectivity index (χ3v) is 3.65. The Kier molecular flexibility index (Phi) is 4.70. The third kappa shape index (κ3) is 3.47. The molecule has 0 aliphatic carbocycles. The van der Waals surface area contributed by atoms with Crippen LogP contribution < -0.4 is 4.90 Å². The Bertz CT molecular complexity index is 527. The van der Waals surface area contributed by atoms with Crippen LogP contribution in [0.15, 0.2) is 12.1 Å². The predicted molar refractivity (Wildman–Crippen MR) is 78.9 cm³/mol. The van der Waals surface area contributed by atoms with Crippen LogP contribution >= 0.6 is 0 Å². The maximum atomic E-state index is 11.8. The van der Waals surface area contributed by atoms with E-state index in [4.69, 9.17) is 5.26 Å². The van der Waals surface area contributed by atoms with Gasteiger partial charge in [-0.3, -0.25) is 9.69 Å². The van der Waals surface area contributed by atoms with Crippen molar-refractivity contribution in [1.82, 2.24) is 20.0 Å². The molecule has 0 aromatic carbocycles. The number of carbonyl (C=O) groups excluding carboxylic acids is 1. The number of piperazine rings is 1. The molecule has 1 amide bonds. The molecule has 1 aliphatic heterocycles. The second-order valence-electron chi connectivity index (χ2n) is 5.30. The summed E-state index contributed by atoms with van der Waals surface area (Å²) in [5, 5.41) is 17.1. The highest BCUT2D eigenvalue weighted by Crippen LogP contribution is 2.14. The molecule has 112 valence electrons. The largest absolute Gasteiger partial charge is 0.353 e. The molecule has 1 saturated heterocycles. The smallest absolute Gasteiger partial charge is 0.273 e. The molecule has 0 N–H and O–H groups in total. The lowest BCUT2D eigenvalue weighted by molar-refractivity contribution is 0.0821. The fraction of sp³-hybridized carbons (Fsp3) is 0.571. The van der Waals surface area contributed by atoms with Gasteiger partial charge < -0.3 is 9.80 Å². The topological polar surface area (TPSA) is 76.4 Å². The Hall–Kier alpha value is -2.20. The van der Waals surface area contributed by atoms with Gasteiger partial charge in [0.1, 0.15) is 0 Å². The van der Waals surface area contributed by atoms with E-state index in [9.17, 15) is 4.79 Å². The molecular formula is C14H20N6O. The third-order valence-electron chi connectivity index (χ3n) is 3.65. The Morgan fingerprint density at radius 1 is 1.29 bits per heavy atom. The second kappa shape index (κ2) is 6.50. The van der Waals surface area contributed by atoms with Gasteiger partial charge in [-0.25, -0.2) is 0 Å². The number of hydrogen-bond acceptors (Lipinski definition) is 6. The zero-order chi connectivity index (χ0) is 15.4. The summed E-state index contributed by atoms with van der Waals surface area (Å²) in [4.78, 5) is 17.5. The van der Waals surface area contributed by atoms with Gasteiger partial charge in [0.05, 0.1) is 12.1 Å². The molecule has 2 rings (SSSR count). The van der Waals surface area contributed by atoms with Crippen LogP contribution in [0.3, 0.4) is 0 Å². The van der Waals surface area contributed by atoms with Gasteiger partial charge >= 0.3 is 0 Å². The Morgan fingerprint density at radius 2 is 1.95 bits per heavy atom. The molecule has 7 nitrogen and oxygen atoms in total. The molecule has 7 heteroatoms. The minimum Gasteiger partial charge on any atom is -0.353 e. The molecule has 1 aromatic heterocycles. The zero-order valence-electron chi connectivity index (χ0n) is 12.7. The van der Waals surface area contributed by atoms with Gasteiger partial charge in [-0.05, 0) is 19.1 Å². The van der Waals surface area contributed by atoms with Gasteiger partial charge in [0.15, 0.2) is 11.5 Å². The molecule has 1 aromatic rings. The lowest BCUT2D eigenvalue weighted by Gasteiger charge is -2.36. The van der Waals surface area contributed by atoms with E-state index in [1.165, 1.54) is 4.90 Å². The molecule has 21 heavy (non-hydrogen) atoms. The van der Waals surface area contributed by atoms with Crippen LogP contribution in [0, 0.1) is 11.3 Å². The fourth-order valence-corrected chi connectivity index (χ4v) is 2.26. The number of nitrogens with zero attached hydrogens (tertiary/aromatic N) is 6. The van der Waals surface area contributed by atoms with Crippen LogP contribution in [0.1, 0.15) is 17.4 Å². The van der Waals surface area contributed by atoms with Crippen molar-refractivity contribution in [2.24, 2.45) is 0 Å². The standard InChI is InChI=1S/C14H20N6O/c1-11(10-15)19-6-8-20(9-7-19)13-5-4-12(16-17-13)14(21)18(2)3/h4-5,11H,6-9H2,1-3H3. The number of carbonyl (C=O) groups is 1. The zero-order valence-corrected chi connectivity index (χ0v) is 12.7. The van der Waals surface area contributed by atoms with E-state index in [1.54, 1.807) is 20.2 Å². The van der Waals surface area contributed by atoms with Crippen molar-refractivity contribution in [3.8, 4) is 6.07 Å². The Morgan fingerprint density at radius 3 is 2.43 bits per heavy atom. The molecular weight excluding hydrogens is 268 g/mol. The summed E-state index contributed by atoms with van der Waals surface area (Å²) in [6.07, 6.45) is 0. The summed E-state index contributed by atoms with van der Waals surface area (Å²) in [5.74, 6) is 0.622. The quantitative estimate of drug-likeness (QED) is 0.791. The van der Waals surface area contributed by atoms with Gasteiger partial charge in [0.2, 0.25) is 0 Å². The van der Waals surface area contributed by atoms with Crippen molar-refractivity contribution in [3.05, 3.63) is 17.8 Å². The first-order chi connectivity index (χ1) is 10.0. The van der Waals surface area contributed by atoms with Crippen LogP contribution in [0.25, 0.3) is 0 Å². The summed E-state index contributed by atoms with van der Waals surface area (Å²) in [5.41, 5.74) is 0.348. The van der Waals surface area contributed by atoms with E-state index < -0.39 is 0 Å². The first kappa shape index (κ1) is 15.2. The summed E-state index contributed by atoms with van der Waals surface area (Å²) in [7, 11) is 3.38. The minimum atomic E-state index is -0.151. The second-order valence-corrected chi connectivity index (χ2v) is 5.30. The normalized spacial score (nSPS) is 17.1.